The molecule has 0 saturated carbocycles. The lowest BCUT2D eigenvalue weighted by Crippen LogP contribution is -2.43. The summed E-state index contributed by atoms with van der Waals surface area (Å²) in [4.78, 5) is 31.1. The zero-order valence-corrected chi connectivity index (χ0v) is 20.0. The Labute approximate surface area is 208 Å². The number of rotatable bonds is 9. The third-order valence-corrected chi connectivity index (χ3v) is 6.92. The summed E-state index contributed by atoms with van der Waals surface area (Å²) in [5.74, 6) is -0.560. The maximum Gasteiger partial charge on any atom is 0.416 e. The Kier molecular flexibility index (Phi) is 8.13. The van der Waals surface area contributed by atoms with Gasteiger partial charge in [-0.2, -0.15) is 13.2 Å². The van der Waals surface area contributed by atoms with Gasteiger partial charge in [0.15, 0.2) is 0 Å². The molecule has 1 amide bonds. The first-order valence-corrected chi connectivity index (χ1v) is 12.3. The van der Waals surface area contributed by atoms with E-state index in [0.717, 1.165) is 81.4 Å². The monoisotopic (exact) mass is 504 g/mol. The van der Waals surface area contributed by atoms with Gasteiger partial charge >= 0.3 is 12.1 Å². The number of aromatic nitrogens is 1. The van der Waals surface area contributed by atoms with Crippen molar-refractivity contribution >= 4 is 17.7 Å². The molecule has 1 saturated heterocycles. The molecule has 0 bridgehead atoms. The Hall–Kier alpha value is -3.14. The first-order valence-electron chi connectivity index (χ1n) is 12.3. The highest BCUT2D eigenvalue weighted by molar-refractivity contribution is 5.96. The number of fused-ring (bicyclic) bond motifs is 1. The molecule has 7 nitrogen and oxygen atoms in total. The van der Waals surface area contributed by atoms with Gasteiger partial charge in [0, 0.05) is 30.9 Å². The van der Waals surface area contributed by atoms with Crippen LogP contribution in [0.5, 0.6) is 0 Å². The van der Waals surface area contributed by atoms with Crippen LogP contribution in [0.1, 0.15) is 52.9 Å². The number of anilines is 1. The minimum absolute atomic E-state index is 0.171. The van der Waals surface area contributed by atoms with Crippen LogP contribution in [0.4, 0.5) is 19.0 Å². The molecule has 0 aliphatic carbocycles. The molecule has 194 valence electrons. The number of carboxylic acids is 1. The molecule has 2 aromatic rings. The number of alkyl halides is 3. The van der Waals surface area contributed by atoms with E-state index in [-0.39, 0.29) is 12.0 Å². The summed E-state index contributed by atoms with van der Waals surface area (Å²) in [7, 11) is 0. The van der Waals surface area contributed by atoms with Gasteiger partial charge in [-0.15, -0.1) is 0 Å². The Balaban J connectivity index is 1.24. The minimum Gasteiger partial charge on any atom is -0.480 e. The van der Waals surface area contributed by atoms with Gasteiger partial charge in [-0.05, 0) is 80.8 Å². The van der Waals surface area contributed by atoms with Gasteiger partial charge in [0.2, 0.25) is 0 Å². The van der Waals surface area contributed by atoms with E-state index in [2.05, 4.69) is 27.7 Å². The van der Waals surface area contributed by atoms with Gasteiger partial charge < -0.3 is 20.6 Å². The first-order chi connectivity index (χ1) is 17.2. The lowest BCUT2D eigenvalue weighted by atomic mass is 10.00. The van der Waals surface area contributed by atoms with Gasteiger partial charge in [0.05, 0.1) is 5.56 Å². The molecule has 0 radical (unpaired) electrons. The first kappa shape index (κ1) is 25.9. The van der Waals surface area contributed by atoms with E-state index in [4.69, 9.17) is 4.98 Å². The highest BCUT2D eigenvalue weighted by Gasteiger charge is 2.31. The number of aryl methyl sites for hydroxylation is 2. The number of carboxylic acid groups (broad SMARTS) is 1. The van der Waals surface area contributed by atoms with Crippen molar-refractivity contribution in [2.75, 3.05) is 31.5 Å². The molecular weight excluding hydrogens is 473 g/mol. The number of hydrogen-bond acceptors (Lipinski definition) is 5. The van der Waals surface area contributed by atoms with Gasteiger partial charge in [-0.25, -0.2) is 9.78 Å². The van der Waals surface area contributed by atoms with E-state index >= 15 is 0 Å². The molecule has 1 aromatic carbocycles. The van der Waals surface area contributed by atoms with Gasteiger partial charge in [-0.1, -0.05) is 12.1 Å². The number of pyridine rings is 1. The van der Waals surface area contributed by atoms with Crippen LogP contribution in [0.2, 0.25) is 0 Å². The van der Waals surface area contributed by atoms with Crippen molar-refractivity contribution in [3.8, 4) is 0 Å². The average Bonchev–Trinajstić information content (AvgIpc) is 3.32. The van der Waals surface area contributed by atoms with Crippen molar-refractivity contribution in [3.05, 3.63) is 58.8 Å². The van der Waals surface area contributed by atoms with Gasteiger partial charge in [0.25, 0.3) is 5.91 Å². The number of hydrogen-bond donors (Lipinski definition) is 3. The summed E-state index contributed by atoms with van der Waals surface area (Å²) in [6.45, 7) is 3.13. The second-order valence-electron chi connectivity index (χ2n) is 9.57. The molecule has 1 aromatic heterocycles. The maximum absolute atomic E-state index is 12.9. The van der Waals surface area contributed by atoms with Crippen molar-refractivity contribution in [2.24, 2.45) is 5.92 Å². The second-order valence-corrected chi connectivity index (χ2v) is 9.57. The lowest BCUT2D eigenvalue weighted by molar-refractivity contribution is -0.139. The Bertz CT molecular complexity index is 1090. The molecule has 3 N–H and O–H groups in total. The standard InChI is InChI=1S/C26H31F3N4O3/c27-26(28,29)20-5-1-3-19(15-20)24(34)32-22(25(35)36)11-14-33-13-10-17(16-33)6-8-21-9-7-18-4-2-12-30-23(18)31-21/h1,3,5,7,9,15,17,22H,2,4,6,8,10-14,16H2,(H,30,31)(H,32,34)(H,35,36)/t17-,22?/m0/s1. The van der Waals surface area contributed by atoms with Gasteiger partial charge in [0.1, 0.15) is 11.9 Å². The number of carbonyl (C=O) groups excluding carboxylic acids is 1. The SMILES string of the molecule is O=C(NC(CCN1CC[C@H](CCc2ccc3c(n2)NCCC3)C1)C(=O)O)c1cccc(C(F)(F)F)c1. The van der Waals surface area contributed by atoms with Crippen molar-refractivity contribution in [1.82, 2.24) is 15.2 Å². The smallest absolute Gasteiger partial charge is 0.416 e. The maximum atomic E-state index is 12.9. The highest BCUT2D eigenvalue weighted by atomic mass is 19.4. The Morgan fingerprint density at radius 2 is 2.08 bits per heavy atom. The van der Waals surface area contributed by atoms with E-state index in [1.165, 1.54) is 11.6 Å². The van der Waals surface area contributed by atoms with E-state index in [1.807, 2.05) is 0 Å². The summed E-state index contributed by atoms with van der Waals surface area (Å²) in [6.07, 6.45) is 0.674. The molecule has 0 spiro atoms. The summed E-state index contributed by atoms with van der Waals surface area (Å²) < 4.78 is 38.8. The second kappa shape index (κ2) is 11.3. The number of nitrogens with zero attached hydrogens (tertiary/aromatic N) is 2. The summed E-state index contributed by atoms with van der Waals surface area (Å²) in [5.41, 5.74) is 1.17. The molecular formula is C26H31F3N4O3. The third kappa shape index (κ3) is 6.75. The summed E-state index contributed by atoms with van der Waals surface area (Å²) >= 11 is 0. The Morgan fingerprint density at radius 3 is 2.86 bits per heavy atom. The largest absolute Gasteiger partial charge is 0.480 e. The van der Waals surface area contributed by atoms with E-state index < -0.39 is 29.7 Å². The number of carbonyl (C=O) groups is 2. The van der Waals surface area contributed by atoms with E-state index in [0.29, 0.717) is 12.5 Å². The van der Waals surface area contributed by atoms with Crippen molar-refractivity contribution in [1.29, 1.82) is 0 Å². The third-order valence-electron chi connectivity index (χ3n) is 6.92. The molecule has 2 aliphatic heterocycles. The topological polar surface area (TPSA) is 94.6 Å². The zero-order chi connectivity index (χ0) is 25.7. The fraction of sp³-hybridized carbons (Fsp3) is 0.500. The van der Waals surface area contributed by atoms with Crippen LogP contribution in [0.15, 0.2) is 36.4 Å². The number of nitrogens with one attached hydrogen (secondary N) is 2. The van der Waals surface area contributed by atoms with Crippen LogP contribution in [0.25, 0.3) is 0 Å². The minimum atomic E-state index is -4.58. The molecule has 36 heavy (non-hydrogen) atoms. The quantitative estimate of drug-likeness (QED) is 0.478. The van der Waals surface area contributed by atoms with Crippen LogP contribution >= 0.6 is 0 Å². The number of halogens is 3. The van der Waals surface area contributed by atoms with Crippen molar-refractivity contribution in [2.45, 2.75) is 50.7 Å². The van der Waals surface area contributed by atoms with Crippen molar-refractivity contribution < 1.29 is 27.9 Å². The molecule has 4 rings (SSSR count). The van der Waals surface area contributed by atoms with Crippen LogP contribution < -0.4 is 10.6 Å². The van der Waals surface area contributed by atoms with Crippen LogP contribution in [-0.4, -0.2) is 59.1 Å². The van der Waals surface area contributed by atoms with Crippen LogP contribution in [0.3, 0.4) is 0 Å². The molecule has 2 atom stereocenters. The molecule has 2 aliphatic rings. The molecule has 1 fully saturated rings. The Morgan fingerprint density at radius 1 is 1.25 bits per heavy atom. The van der Waals surface area contributed by atoms with Crippen molar-refractivity contribution in [3.63, 3.8) is 0 Å². The molecule has 1 unspecified atom stereocenters. The number of benzene rings is 1. The summed E-state index contributed by atoms with van der Waals surface area (Å²) in [6, 6.07) is 7.04. The lowest BCUT2D eigenvalue weighted by Gasteiger charge is -2.20. The average molecular weight is 505 g/mol. The normalized spacial score (nSPS) is 18.8. The molecule has 10 heteroatoms. The van der Waals surface area contributed by atoms with E-state index in [9.17, 15) is 27.9 Å². The summed E-state index contributed by atoms with van der Waals surface area (Å²) in [5, 5.41) is 15.3. The zero-order valence-electron chi connectivity index (χ0n) is 20.0. The van der Waals surface area contributed by atoms with E-state index in [1.54, 1.807) is 0 Å². The molecule has 3 heterocycles. The fourth-order valence-electron chi connectivity index (χ4n) is 4.86. The van der Waals surface area contributed by atoms with Crippen LogP contribution in [-0.2, 0) is 23.8 Å². The van der Waals surface area contributed by atoms with Gasteiger partial charge in [-0.3, -0.25) is 4.79 Å². The fourth-order valence-corrected chi connectivity index (χ4v) is 4.86. The predicted molar refractivity (Wildman–Crippen MR) is 129 cm³/mol. The number of likely N-dealkylation sites (tertiary alicyclic amines) is 1. The predicted octanol–water partition coefficient (Wildman–Crippen LogP) is 3.99. The number of amides is 1. The highest BCUT2D eigenvalue weighted by Crippen LogP contribution is 2.29. The van der Waals surface area contributed by atoms with Crippen LogP contribution in [0, 0.1) is 5.92 Å². The number of aliphatic carboxylic acids is 1.